The summed E-state index contributed by atoms with van der Waals surface area (Å²) in [5.74, 6) is 0.322. The summed E-state index contributed by atoms with van der Waals surface area (Å²) in [5, 5.41) is 9.29. The number of hydrogen-bond donors (Lipinski definition) is 1. The average Bonchev–Trinajstić information content (AvgIpc) is 2.41. The minimum Gasteiger partial charge on any atom is -0.508 e. The first kappa shape index (κ1) is 13.5. The zero-order valence-electron chi connectivity index (χ0n) is 11.8. The van der Waals surface area contributed by atoms with Crippen molar-refractivity contribution in [3.8, 4) is 5.75 Å². The fourth-order valence-electron chi connectivity index (χ4n) is 2.14. The smallest absolute Gasteiger partial charge is 0.115 e. The zero-order chi connectivity index (χ0) is 13.8. The van der Waals surface area contributed by atoms with E-state index in [4.69, 9.17) is 0 Å². The lowest BCUT2D eigenvalue weighted by Gasteiger charge is -2.27. The van der Waals surface area contributed by atoms with Crippen LogP contribution in [-0.2, 0) is 6.42 Å². The van der Waals surface area contributed by atoms with Crippen molar-refractivity contribution in [2.75, 3.05) is 11.9 Å². The van der Waals surface area contributed by atoms with Crippen LogP contribution in [0.2, 0.25) is 0 Å². The molecule has 2 aromatic rings. The van der Waals surface area contributed by atoms with Crippen LogP contribution in [0.3, 0.4) is 0 Å². The molecule has 0 radical (unpaired) electrons. The maximum atomic E-state index is 9.29. The number of benzene rings is 2. The van der Waals surface area contributed by atoms with Crippen LogP contribution in [0.5, 0.6) is 5.75 Å². The number of aryl methyl sites for hydroxylation is 1. The molecule has 0 fully saturated rings. The largest absolute Gasteiger partial charge is 0.508 e. The standard InChI is InChI=1S/C17H21NO/c1-13-4-8-16(9-5-13)18(3)14(2)12-15-6-10-17(19)11-7-15/h4-11,14,19H,12H2,1-3H3. The average molecular weight is 255 g/mol. The normalized spacial score (nSPS) is 12.2. The molecule has 19 heavy (non-hydrogen) atoms. The molecule has 2 heteroatoms. The minimum atomic E-state index is 0.322. The second kappa shape index (κ2) is 5.79. The third-order valence-electron chi connectivity index (χ3n) is 3.57. The van der Waals surface area contributed by atoms with E-state index in [1.165, 1.54) is 16.8 Å². The van der Waals surface area contributed by atoms with Gasteiger partial charge in [0.15, 0.2) is 0 Å². The van der Waals surface area contributed by atoms with Gasteiger partial charge in [0.05, 0.1) is 0 Å². The van der Waals surface area contributed by atoms with Crippen molar-refractivity contribution in [1.29, 1.82) is 0 Å². The van der Waals surface area contributed by atoms with Crippen molar-refractivity contribution < 1.29 is 5.11 Å². The molecule has 2 rings (SSSR count). The van der Waals surface area contributed by atoms with Crippen molar-refractivity contribution in [2.45, 2.75) is 26.3 Å². The number of rotatable bonds is 4. The molecule has 2 nitrogen and oxygen atoms in total. The van der Waals surface area contributed by atoms with Crippen molar-refractivity contribution in [1.82, 2.24) is 0 Å². The van der Waals surface area contributed by atoms with Gasteiger partial charge in [0.25, 0.3) is 0 Å². The van der Waals surface area contributed by atoms with Crippen molar-refractivity contribution in [2.24, 2.45) is 0 Å². The fourth-order valence-corrected chi connectivity index (χ4v) is 2.14. The maximum absolute atomic E-state index is 9.29. The summed E-state index contributed by atoms with van der Waals surface area (Å²) in [6, 6.07) is 16.4. The summed E-state index contributed by atoms with van der Waals surface area (Å²) < 4.78 is 0. The highest BCUT2D eigenvalue weighted by atomic mass is 16.3. The molecule has 0 aliphatic rings. The Kier molecular flexibility index (Phi) is 4.10. The predicted octanol–water partition coefficient (Wildman–Crippen LogP) is 3.77. The number of likely N-dealkylation sites (N-methyl/N-ethyl adjacent to an activating group) is 1. The van der Waals surface area contributed by atoms with Gasteiger partial charge in [0.2, 0.25) is 0 Å². The van der Waals surface area contributed by atoms with Crippen LogP contribution in [0.15, 0.2) is 48.5 Å². The fraction of sp³-hybridized carbons (Fsp3) is 0.294. The van der Waals surface area contributed by atoms with Crippen LogP contribution in [0.25, 0.3) is 0 Å². The van der Waals surface area contributed by atoms with Crippen LogP contribution in [0.4, 0.5) is 5.69 Å². The molecule has 1 N–H and O–H groups in total. The second-order valence-electron chi connectivity index (χ2n) is 5.17. The van der Waals surface area contributed by atoms with Crippen LogP contribution < -0.4 is 4.90 Å². The SMILES string of the molecule is Cc1ccc(N(C)C(C)Cc2ccc(O)cc2)cc1. The van der Waals surface area contributed by atoms with Crippen LogP contribution >= 0.6 is 0 Å². The van der Waals surface area contributed by atoms with Crippen LogP contribution in [0.1, 0.15) is 18.1 Å². The van der Waals surface area contributed by atoms with E-state index in [-0.39, 0.29) is 0 Å². The Balaban J connectivity index is 2.04. The Bertz CT molecular complexity index is 516. The van der Waals surface area contributed by atoms with Crippen molar-refractivity contribution in [3.05, 3.63) is 59.7 Å². The molecule has 0 bridgehead atoms. The number of phenols is 1. The molecular weight excluding hydrogens is 234 g/mol. The number of anilines is 1. The van der Waals surface area contributed by atoms with Gasteiger partial charge in [-0.25, -0.2) is 0 Å². The minimum absolute atomic E-state index is 0.322. The first-order valence-corrected chi connectivity index (χ1v) is 6.63. The summed E-state index contributed by atoms with van der Waals surface area (Å²) in [6.45, 7) is 4.32. The second-order valence-corrected chi connectivity index (χ2v) is 5.17. The highest BCUT2D eigenvalue weighted by Gasteiger charge is 2.10. The van der Waals surface area contributed by atoms with E-state index in [0.29, 0.717) is 11.8 Å². The molecule has 0 heterocycles. The summed E-state index contributed by atoms with van der Waals surface area (Å²) in [4.78, 5) is 2.28. The Hall–Kier alpha value is -1.96. The Morgan fingerprint density at radius 2 is 1.58 bits per heavy atom. The third-order valence-corrected chi connectivity index (χ3v) is 3.57. The lowest BCUT2D eigenvalue weighted by molar-refractivity contribution is 0.475. The quantitative estimate of drug-likeness (QED) is 0.899. The zero-order valence-corrected chi connectivity index (χ0v) is 11.8. The van der Waals surface area contributed by atoms with Crippen molar-refractivity contribution in [3.63, 3.8) is 0 Å². The molecule has 0 aromatic heterocycles. The Morgan fingerprint density at radius 3 is 2.16 bits per heavy atom. The summed E-state index contributed by atoms with van der Waals surface area (Å²) in [7, 11) is 2.12. The van der Waals surface area contributed by atoms with Gasteiger partial charge in [-0.05, 0) is 50.1 Å². The molecule has 2 aromatic carbocycles. The van der Waals surface area contributed by atoms with Crippen molar-refractivity contribution >= 4 is 5.69 Å². The number of aromatic hydroxyl groups is 1. The van der Waals surface area contributed by atoms with Crippen LogP contribution in [-0.4, -0.2) is 18.2 Å². The van der Waals surface area contributed by atoms with Crippen LogP contribution in [0, 0.1) is 6.92 Å². The van der Waals surface area contributed by atoms with E-state index in [1.54, 1.807) is 12.1 Å². The molecule has 0 aliphatic heterocycles. The molecule has 1 unspecified atom stereocenters. The maximum Gasteiger partial charge on any atom is 0.115 e. The lowest BCUT2D eigenvalue weighted by atomic mass is 10.1. The van der Waals surface area contributed by atoms with Gasteiger partial charge in [-0.3, -0.25) is 0 Å². The molecule has 0 spiro atoms. The highest BCUT2D eigenvalue weighted by Crippen LogP contribution is 2.19. The summed E-state index contributed by atoms with van der Waals surface area (Å²) in [6.07, 6.45) is 0.963. The molecule has 0 amide bonds. The van der Waals surface area contributed by atoms with Gasteiger partial charge in [0.1, 0.15) is 5.75 Å². The topological polar surface area (TPSA) is 23.5 Å². The molecule has 1 atom stereocenters. The summed E-state index contributed by atoms with van der Waals surface area (Å²) >= 11 is 0. The molecular formula is C17H21NO. The number of nitrogens with zero attached hydrogens (tertiary/aromatic N) is 1. The van der Waals surface area contributed by atoms with Gasteiger partial charge in [-0.15, -0.1) is 0 Å². The van der Waals surface area contributed by atoms with Gasteiger partial charge in [-0.1, -0.05) is 29.8 Å². The third kappa shape index (κ3) is 3.50. The predicted molar refractivity (Wildman–Crippen MR) is 80.9 cm³/mol. The van der Waals surface area contributed by atoms with Gasteiger partial charge in [-0.2, -0.15) is 0 Å². The Morgan fingerprint density at radius 1 is 1.00 bits per heavy atom. The monoisotopic (exact) mass is 255 g/mol. The van der Waals surface area contributed by atoms with E-state index in [2.05, 4.69) is 50.1 Å². The lowest BCUT2D eigenvalue weighted by Crippen LogP contribution is -2.30. The molecule has 0 saturated heterocycles. The first-order valence-electron chi connectivity index (χ1n) is 6.63. The van der Waals surface area contributed by atoms with Gasteiger partial charge >= 0.3 is 0 Å². The number of hydrogen-bond acceptors (Lipinski definition) is 2. The highest BCUT2D eigenvalue weighted by molar-refractivity contribution is 5.47. The molecule has 100 valence electrons. The van der Waals surface area contributed by atoms with Gasteiger partial charge < -0.3 is 10.0 Å². The Labute approximate surface area is 115 Å². The summed E-state index contributed by atoms with van der Waals surface area (Å²) in [5.41, 5.74) is 3.75. The van der Waals surface area contributed by atoms with E-state index < -0.39 is 0 Å². The van der Waals surface area contributed by atoms with Gasteiger partial charge in [0, 0.05) is 18.8 Å². The van der Waals surface area contributed by atoms with E-state index in [9.17, 15) is 5.11 Å². The molecule has 0 aliphatic carbocycles. The van der Waals surface area contributed by atoms with E-state index in [1.807, 2.05) is 12.1 Å². The molecule has 0 saturated carbocycles. The van der Waals surface area contributed by atoms with E-state index in [0.717, 1.165) is 6.42 Å². The first-order chi connectivity index (χ1) is 9.06. The van der Waals surface area contributed by atoms with E-state index >= 15 is 0 Å². The number of phenolic OH excluding ortho intramolecular Hbond substituents is 1.